The van der Waals surface area contributed by atoms with Gasteiger partial charge in [0, 0.05) is 49.5 Å². The Balaban J connectivity index is 1.41. The lowest BCUT2D eigenvalue weighted by Crippen LogP contribution is -2.61. The summed E-state index contributed by atoms with van der Waals surface area (Å²) in [6.07, 6.45) is -0.724. The molecule has 58 heavy (non-hydrogen) atoms. The van der Waals surface area contributed by atoms with E-state index in [0.717, 1.165) is 5.56 Å². The number of nitrogen functional groups attached to an aromatic ring is 1. The van der Waals surface area contributed by atoms with Gasteiger partial charge < -0.3 is 44.7 Å². The number of nitrogens with one attached hydrogen (secondary N) is 1. The van der Waals surface area contributed by atoms with Gasteiger partial charge in [0.15, 0.2) is 17.7 Å². The van der Waals surface area contributed by atoms with E-state index in [-0.39, 0.29) is 24.1 Å². The van der Waals surface area contributed by atoms with Crippen LogP contribution in [0, 0.1) is 17.8 Å². The number of nitrogens with two attached hydrogens (primary N) is 1. The van der Waals surface area contributed by atoms with Gasteiger partial charge >= 0.3 is 12.1 Å². The number of cyclic esters (lactones) is 1. The number of likely N-dealkylation sites (N-methyl/N-ethyl adjacent to an activating group) is 1. The van der Waals surface area contributed by atoms with Crippen LogP contribution in [-0.2, 0) is 39.8 Å². The Morgan fingerprint density at radius 3 is 2.48 bits per heavy atom. The van der Waals surface area contributed by atoms with E-state index in [2.05, 4.69) is 22.6 Å². The third-order valence-electron chi connectivity index (χ3n) is 12.6. The summed E-state index contributed by atoms with van der Waals surface area (Å²) in [7, 11) is 5.38. The number of fused-ring (bicyclic) bond motifs is 1. The van der Waals surface area contributed by atoms with E-state index in [1.54, 1.807) is 23.6 Å². The number of esters is 1. The number of carbonyl (C=O) groups is 3. The number of hydrogen-bond acceptors (Lipinski definition) is 14. The summed E-state index contributed by atoms with van der Waals surface area (Å²) < 4.78 is 33.2. The molecule has 4 heterocycles. The molecular weight excluding hydrogens is 747 g/mol. The third kappa shape index (κ3) is 9.68. The minimum atomic E-state index is -1.25. The Hall–Kier alpha value is -3.67. The molecule has 13 atom stereocenters. The maximum absolute atomic E-state index is 14.4. The van der Waals surface area contributed by atoms with Gasteiger partial charge in [0.25, 0.3) is 0 Å². The van der Waals surface area contributed by atoms with Crippen LogP contribution in [0.15, 0.2) is 30.5 Å². The lowest BCUT2D eigenvalue weighted by Gasteiger charge is -2.46. The standard InChI is InChI=1S/C42H67N7O9/c1-12-33-42(8)36(49(40(53)58-42)18-14-17-48-23-31(45-46-48)29-15-13-16-30(43)20-29)28(6)44-22-24(2)21-41(7,54-11)37(26(4)34(50)27(5)38(52)56-33)57-39-35(51)32(47(9)10)19-25(3)55-39/h13,15-16,20,23-28,32-33,35-37,39,44,51H,12,14,17-19,21-22,43H2,1-11H3/t24-,25-,26-,27-,28-,32?,33-,35?,36-,37-,39+,41-,42-/m1/s1. The number of aliphatic hydroxyl groups is 1. The molecule has 3 aliphatic heterocycles. The van der Waals surface area contributed by atoms with E-state index in [4.69, 9.17) is 29.4 Å². The Morgan fingerprint density at radius 1 is 1.10 bits per heavy atom. The summed E-state index contributed by atoms with van der Waals surface area (Å²) in [5.74, 6) is -3.19. The number of anilines is 1. The molecule has 0 bridgehead atoms. The molecular formula is C42H67N7O9. The molecule has 1 aromatic heterocycles. The highest BCUT2D eigenvalue weighted by atomic mass is 16.7. The first-order valence-electron chi connectivity index (χ1n) is 20.8. The number of aryl methyl sites for hydroxylation is 1. The van der Waals surface area contributed by atoms with E-state index in [1.807, 2.05) is 84.1 Å². The van der Waals surface area contributed by atoms with Crippen molar-refractivity contribution in [2.24, 2.45) is 17.8 Å². The topological polar surface area (TPSA) is 193 Å². The van der Waals surface area contributed by atoms with Crippen molar-refractivity contribution >= 4 is 23.5 Å². The fourth-order valence-corrected chi connectivity index (χ4v) is 9.30. The van der Waals surface area contributed by atoms with Crippen LogP contribution >= 0.6 is 0 Å². The van der Waals surface area contributed by atoms with Crippen molar-refractivity contribution in [1.82, 2.24) is 30.1 Å². The lowest BCUT2D eigenvalue weighted by molar-refractivity contribution is -0.295. The summed E-state index contributed by atoms with van der Waals surface area (Å²) in [5.41, 5.74) is 5.86. The van der Waals surface area contributed by atoms with Crippen LogP contribution in [0.4, 0.5) is 10.5 Å². The number of rotatable bonds is 10. The fourth-order valence-electron chi connectivity index (χ4n) is 9.30. The first-order chi connectivity index (χ1) is 27.3. The van der Waals surface area contributed by atoms with Crippen LogP contribution in [0.2, 0.25) is 0 Å². The summed E-state index contributed by atoms with van der Waals surface area (Å²) in [6.45, 7) is 16.2. The Labute approximate surface area is 343 Å². The Bertz CT molecular complexity index is 1730. The summed E-state index contributed by atoms with van der Waals surface area (Å²) in [4.78, 5) is 45.9. The van der Waals surface area contributed by atoms with Gasteiger partial charge in [-0.15, -0.1) is 5.10 Å². The Kier molecular flexibility index (Phi) is 14.7. The van der Waals surface area contributed by atoms with E-state index < -0.39 is 71.5 Å². The smallest absolute Gasteiger partial charge is 0.410 e. The van der Waals surface area contributed by atoms with Crippen LogP contribution < -0.4 is 11.1 Å². The minimum absolute atomic E-state index is 0.0203. The average Bonchev–Trinajstić information content (AvgIpc) is 3.76. The summed E-state index contributed by atoms with van der Waals surface area (Å²) in [6, 6.07) is 6.36. The minimum Gasteiger partial charge on any atom is -0.458 e. The number of Topliss-reactive ketones (excluding diaryl/α,β-unsaturated/α-hetero) is 1. The molecule has 16 nitrogen and oxygen atoms in total. The van der Waals surface area contributed by atoms with Gasteiger partial charge in [0.1, 0.15) is 23.8 Å². The molecule has 3 aliphatic rings. The second kappa shape index (κ2) is 18.7. The molecule has 5 rings (SSSR count). The monoisotopic (exact) mass is 814 g/mol. The predicted octanol–water partition coefficient (Wildman–Crippen LogP) is 3.89. The van der Waals surface area contributed by atoms with E-state index in [0.29, 0.717) is 56.7 Å². The number of methoxy groups -OCH3 is 1. The Morgan fingerprint density at radius 2 is 1.83 bits per heavy atom. The molecule has 0 radical (unpaired) electrons. The van der Waals surface area contributed by atoms with E-state index in [1.165, 1.54) is 6.92 Å². The lowest BCUT2D eigenvalue weighted by atomic mass is 9.78. The highest BCUT2D eigenvalue weighted by Gasteiger charge is 2.58. The van der Waals surface area contributed by atoms with Crippen LogP contribution in [0.3, 0.4) is 0 Å². The molecule has 2 unspecified atom stereocenters. The number of hydrogen-bond donors (Lipinski definition) is 3. The van der Waals surface area contributed by atoms with Crippen molar-refractivity contribution in [2.45, 2.75) is 148 Å². The molecule has 3 fully saturated rings. The second-order valence-corrected chi connectivity index (χ2v) is 17.4. The molecule has 16 heteroatoms. The van der Waals surface area contributed by atoms with Crippen molar-refractivity contribution in [3.05, 3.63) is 30.5 Å². The van der Waals surface area contributed by atoms with Crippen LogP contribution in [-0.4, -0.2) is 142 Å². The molecule has 1 amide bonds. The van der Waals surface area contributed by atoms with Gasteiger partial charge in [-0.1, -0.05) is 38.1 Å². The van der Waals surface area contributed by atoms with Gasteiger partial charge in [-0.3, -0.25) is 19.2 Å². The van der Waals surface area contributed by atoms with Crippen molar-refractivity contribution < 1.29 is 43.2 Å². The highest BCUT2D eigenvalue weighted by molar-refractivity contribution is 6.00. The zero-order valence-corrected chi connectivity index (χ0v) is 36.2. The molecule has 2 aromatic rings. The van der Waals surface area contributed by atoms with Crippen molar-refractivity contribution in [2.75, 3.05) is 40.0 Å². The number of ether oxygens (including phenoxy) is 5. The zero-order valence-electron chi connectivity index (χ0n) is 36.2. The van der Waals surface area contributed by atoms with Gasteiger partial charge in [0.2, 0.25) is 0 Å². The second-order valence-electron chi connectivity index (χ2n) is 17.4. The molecule has 3 saturated heterocycles. The number of carbonyl (C=O) groups excluding carboxylic acids is 3. The normalized spacial score (nSPS) is 36.9. The molecule has 0 aliphatic carbocycles. The number of benzene rings is 1. The maximum atomic E-state index is 14.4. The van der Waals surface area contributed by atoms with Gasteiger partial charge in [0.05, 0.1) is 30.0 Å². The largest absolute Gasteiger partial charge is 0.458 e. The van der Waals surface area contributed by atoms with Gasteiger partial charge in [-0.2, -0.15) is 0 Å². The van der Waals surface area contributed by atoms with Crippen LogP contribution in [0.25, 0.3) is 11.3 Å². The molecule has 324 valence electrons. The van der Waals surface area contributed by atoms with E-state index in [9.17, 15) is 19.5 Å². The number of aliphatic hydroxyl groups excluding tert-OH is 1. The zero-order chi connectivity index (χ0) is 42.7. The number of amides is 1. The van der Waals surface area contributed by atoms with Crippen LogP contribution in [0.5, 0.6) is 0 Å². The fraction of sp³-hybridized carbons (Fsp3) is 0.738. The maximum Gasteiger partial charge on any atom is 0.410 e. The predicted molar refractivity (Wildman–Crippen MR) is 217 cm³/mol. The van der Waals surface area contributed by atoms with Crippen molar-refractivity contribution in [1.29, 1.82) is 0 Å². The molecule has 1 aromatic carbocycles. The summed E-state index contributed by atoms with van der Waals surface area (Å²) >= 11 is 0. The number of nitrogens with zero attached hydrogens (tertiary/aromatic N) is 5. The van der Waals surface area contributed by atoms with Gasteiger partial charge in [-0.05, 0) is 99.0 Å². The van der Waals surface area contributed by atoms with Crippen LogP contribution in [0.1, 0.15) is 81.1 Å². The average molecular weight is 814 g/mol. The highest BCUT2D eigenvalue weighted by Crippen LogP contribution is 2.40. The first-order valence-corrected chi connectivity index (χ1v) is 20.8. The van der Waals surface area contributed by atoms with Crippen molar-refractivity contribution in [3.8, 4) is 11.3 Å². The SMILES string of the molecule is CC[C@H]1OC(=O)[C@H](C)C(=O)[C@@H](C)[C@@H](O[C@@H]2O[C@H](C)CC(N(C)C)C2O)[C@](C)(OC)C[C@@H](C)CN[C@H](C)[C@H]2N(CCCn3cc(-c4cccc(N)c4)nn3)C(=O)O[C@]12C. The molecule has 0 saturated carbocycles. The number of aromatic nitrogens is 3. The quantitative estimate of drug-likeness (QED) is 0.178. The number of ketones is 1. The first kappa shape index (κ1) is 45.4. The van der Waals surface area contributed by atoms with Crippen molar-refractivity contribution in [3.63, 3.8) is 0 Å². The van der Waals surface area contributed by atoms with E-state index >= 15 is 0 Å². The molecule has 0 spiro atoms. The molecule has 4 N–H and O–H groups in total. The summed E-state index contributed by atoms with van der Waals surface area (Å²) in [5, 5.41) is 23.7. The van der Waals surface area contributed by atoms with Gasteiger partial charge in [-0.25, -0.2) is 4.79 Å². The third-order valence-corrected chi connectivity index (χ3v) is 12.6.